The lowest BCUT2D eigenvalue weighted by atomic mass is 10.1. The summed E-state index contributed by atoms with van der Waals surface area (Å²) in [5, 5.41) is 3.45. The van der Waals surface area contributed by atoms with E-state index in [1.165, 1.54) is 43.2 Å². The van der Waals surface area contributed by atoms with E-state index in [1.807, 2.05) is 12.1 Å². The molecule has 0 atom stereocenters. The Kier molecular flexibility index (Phi) is 3.44. The van der Waals surface area contributed by atoms with Gasteiger partial charge in [0.15, 0.2) is 0 Å². The highest BCUT2D eigenvalue weighted by Crippen LogP contribution is 2.26. The number of furan rings is 1. The molecule has 0 amide bonds. The van der Waals surface area contributed by atoms with Gasteiger partial charge in [0.05, 0.1) is 6.54 Å². The van der Waals surface area contributed by atoms with Gasteiger partial charge in [-0.3, -0.25) is 0 Å². The first kappa shape index (κ1) is 13.0. The van der Waals surface area contributed by atoms with Crippen molar-refractivity contribution < 1.29 is 9.15 Å². The summed E-state index contributed by atoms with van der Waals surface area (Å²) in [5.74, 6) is 2.84. The molecule has 4 rings (SSSR count). The second-order valence-electron chi connectivity index (χ2n) is 6.10. The summed E-state index contributed by atoms with van der Waals surface area (Å²) < 4.78 is 11.6. The van der Waals surface area contributed by atoms with E-state index in [0.717, 1.165) is 23.8 Å². The molecule has 0 radical (unpaired) electrons. The summed E-state index contributed by atoms with van der Waals surface area (Å²) in [6.45, 7) is 1.33. The van der Waals surface area contributed by atoms with E-state index < -0.39 is 0 Å². The third-order valence-corrected chi connectivity index (χ3v) is 4.31. The number of hydrogen-bond acceptors (Lipinski definition) is 3. The van der Waals surface area contributed by atoms with E-state index in [2.05, 4.69) is 23.5 Å². The van der Waals surface area contributed by atoms with Gasteiger partial charge in [-0.2, -0.15) is 0 Å². The van der Waals surface area contributed by atoms with Gasteiger partial charge in [-0.1, -0.05) is 6.07 Å². The fraction of sp³-hybridized carbons (Fsp3) is 0.444. The summed E-state index contributed by atoms with van der Waals surface area (Å²) >= 11 is 0. The lowest BCUT2D eigenvalue weighted by Crippen LogP contribution is -2.14. The Morgan fingerprint density at radius 3 is 2.81 bits per heavy atom. The lowest BCUT2D eigenvalue weighted by Gasteiger charge is -2.06. The Bertz CT molecular complexity index is 628. The smallest absolute Gasteiger partial charge is 0.146 e. The number of fused-ring (bicyclic) bond motifs is 1. The van der Waals surface area contributed by atoms with Crippen molar-refractivity contribution in [2.24, 2.45) is 0 Å². The Hall–Kier alpha value is -1.74. The quantitative estimate of drug-likeness (QED) is 0.879. The van der Waals surface area contributed by atoms with Gasteiger partial charge in [0.25, 0.3) is 0 Å². The number of nitrogens with one attached hydrogen (secondary N) is 1. The second-order valence-corrected chi connectivity index (χ2v) is 6.10. The molecule has 3 heteroatoms. The molecule has 0 bridgehead atoms. The van der Waals surface area contributed by atoms with Gasteiger partial charge >= 0.3 is 0 Å². The standard InChI is InChI=1S/C18H21NO2/c1-2-13-4-7-16(10-14(13)3-1)20-12-18-9-8-17(21-18)11-19-15-5-6-15/h4,7-10,15,19H,1-3,5-6,11-12H2. The molecule has 0 spiro atoms. The predicted octanol–water partition coefficient (Wildman–Crippen LogP) is 3.60. The molecule has 1 saturated carbocycles. The molecular formula is C18H21NO2. The molecule has 110 valence electrons. The van der Waals surface area contributed by atoms with E-state index in [9.17, 15) is 0 Å². The molecular weight excluding hydrogens is 262 g/mol. The highest BCUT2D eigenvalue weighted by molar-refractivity contribution is 5.38. The zero-order chi connectivity index (χ0) is 14.1. The topological polar surface area (TPSA) is 34.4 Å². The monoisotopic (exact) mass is 283 g/mol. The number of benzene rings is 1. The van der Waals surface area contributed by atoms with E-state index >= 15 is 0 Å². The molecule has 1 heterocycles. The lowest BCUT2D eigenvalue weighted by molar-refractivity contribution is 0.265. The maximum absolute atomic E-state index is 5.85. The van der Waals surface area contributed by atoms with E-state index in [1.54, 1.807) is 0 Å². The van der Waals surface area contributed by atoms with Crippen LogP contribution >= 0.6 is 0 Å². The summed E-state index contributed by atoms with van der Waals surface area (Å²) in [5.41, 5.74) is 2.93. The minimum absolute atomic E-state index is 0.502. The van der Waals surface area contributed by atoms with Gasteiger partial charge in [-0.15, -0.1) is 0 Å². The SMILES string of the molecule is c1cc2c(cc1OCc1ccc(CNC3CC3)o1)CCC2. The van der Waals surface area contributed by atoms with Crippen LogP contribution in [0, 0.1) is 0 Å². The summed E-state index contributed by atoms with van der Waals surface area (Å²) in [6, 6.07) is 11.2. The van der Waals surface area contributed by atoms with E-state index in [4.69, 9.17) is 9.15 Å². The first-order valence-corrected chi connectivity index (χ1v) is 7.92. The minimum atomic E-state index is 0.502. The normalized spacial score (nSPS) is 17.0. The average molecular weight is 283 g/mol. The fourth-order valence-corrected chi connectivity index (χ4v) is 2.92. The van der Waals surface area contributed by atoms with Crippen LogP contribution in [0.25, 0.3) is 0 Å². The van der Waals surface area contributed by atoms with Crippen LogP contribution in [0.5, 0.6) is 5.75 Å². The second kappa shape index (κ2) is 5.57. The van der Waals surface area contributed by atoms with Crippen LogP contribution in [0.15, 0.2) is 34.7 Å². The largest absolute Gasteiger partial charge is 0.486 e. The van der Waals surface area contributed by atoms with Crippen molar-refractivity contribution in [2.45, 2.75) is 51.3 Å². The van der Waals surface area contributed by atoms with Crippen LogP contribution in [0.1, 0.15) is 41.9 Å². The number of aryl methyl sites for hydroxylation is 2. The van der Waals surface area contributed by atoms with Gasteiger partial charge in [-0.05, 0) is 67.5 Å². The maximum atomic E-state index is 5.85. The van der Waals surface area contributed by atoms with Crippen molar-refractivity contribution in [3.63, 3.8) is 0 Å². The highest BCUT2D eigenvalue weighted by atomic mass is 16.5. The fourth-order valence-electron chi connectivity index (χ4n) is 2.92. The van der Waals surface area contributed by atoms with Crippen LogP contribution in [-0.2, 0) is 26.0 Å². The predicted molar refractivity (Wildman–Crippen MR) is 81.4 cm³/mol. The highest BCUT2D eigenvalue weighted by Gasteiger charge is 2.20. The Labute approximate surface area is 125 Å². The third-order valence-electron chi connectivity index (χ3n) is 4.31. The first-order chi connectivity index (χ1) is 10.4. The van der Waals surface area contributed by atoms with Crippen LogP contribution in [0.4, 0.5) is 0 Å². The molecule has 2 aromatic rings. The third kappa shape index (κ3) is 3.13. The van der Waals surface area contributed by atoms with Crippen molar-refractivity contribution in [3.8, 4) is 5.75 Å². The Morgan fingerprint density at radius 1 is 1.05 bits per heavy atom. The Balaban J connectivity index is 1.33. The Morgan fingerprint density at radius 2 is 1.90 bits per heavy atom. The van der Waals surface area contributed by atoms with Crippen LogP contribution in [0.2, 0.25) is 0 Å². The molecule has 0 saturated heterocycles. The molecule has 3 nitrogen and oxygen atoms in total. The van der Waals surface area contributed by atoms with Crippen LogP contribution in [-0.4, -0.2) is 6.04 Å². The zero-order valence-electron chi connectivity index (χ0n) is 12.2. The van der Waals surface area contributed by atoms with Gasteiger partial charge in [0.1, 0.15) is 23.9 Å². The molecule has 2 aliphatic carbocycles. The average Bonchev–Trinajstić information content (AvgIpc) is 3.04. The van der Waals surface area contributed by atoms with Gasteiger partial charge in [-0.25, -0.2) is 0 Å². The molecule has 2 aliphatic rings. The zero-order valence-corrected chi connectivity index (χ0v) is 12.2. The molecule has 0 aliphatic heterocycles. The summed E-state index contributed by atoms with van der Waals surface area (Å²) in [4.78, 5) is 0. The summed E-state index contributed by atoms with van der Waals surface area (Å²) in [7, 11) is 0. The van der Waals surface area contributed by atoms with Crippen molar-refractivity contribution in [1.82, 2.24) is 5.32 Å². The number of ether oxygens (including phenoxy) is 1. The molecule has 1 fully saturated rings. The van der Waals surface area contributed by atoms with Crippen LogP contribution in [0.3, 0.4) is 0 Å². The van der Waals surface area contributed by atoms with E-state index in [-0.39, 0.29) is 0 Å². The minimum Gasteiger partial charge on any atom is -0.486 e. The molecule has 1 aromatic carbocycles. The van der Waals surface area contributed by atoms with Gasteiger partial charge in [0, 0.05) is 6.04 Å². The number of rotatable bonds is 6. The maximum Gasteiger partial charge on any atom is 0.146 e. The number of hydrogen-bond donors (Lipinski definition) is 1. The van der Waals surface area contributed by atoms with Crippen molar-refractivity contribution in [2.75, 3.05) is 0 Å². The van der Waals surface area contributed by atoms with E-state index in [0.29, 0.717) is 12.6 Å². The van der Waals surface area contributed by atoms with Crippen molar-refractivity contribution >= 4 is 0 Å². The first-order valence-electron chi connectivity index (χ1n) is 7.92. The molecule has 1 N–H and O–H groups in total. The van der Waals surface area contributed by atoms with Crippen LogP contribution < -0.4 is 10.1 Å². The van der Waals surface area contributed by atoms with Crippen molar-refractivity contribution in [3.05, 3.63) is 53.0 Å². The summed E-state index contributed by atoms with van der Waals surface area (Å²) in [6.07, 6.45) is 6.27. The van der Waals surface area contributed by atoms with Gasteiger partial charge < -0.3 is 14.5 Å². The molecule has 21 heavy (non-hydrogen) atoms. The molecule has 1 aromatic heterocycles. The molecule has 0 unspecified atom stereocenters. The van der Waals surface area contributed by atoms with Crippen molar-refractivity contribution in [1.29, 1.82) is 0 Å². The van der Waals surface area contributed by atoms with Gasteiger partial charge in [0.2, 0.25) is 0 Å².